The van der Waals surface area contributed by atoms with Crippen molar-refractivity contribution in [3.63, 3.8) is 0 Å². The molecule has 1 amide bonds. The van der Waals surface area contributed by atoms with Crippen LogP contribution in [-0.4, -0.2) is 22.4 Å². The van der Waals surface area contributed by atoms with Gasteiger partial charge in [-0.2, -0.15) is 0 Å². The summed E-state index contributed by atoms with van der Waals surface area (Å²) in [5, 5.41) is 5.43. The molecular formula is C26H19ClFN3O. The zero-order chi connectivity index (χ0) is 22.1. The smallest absolute Gasteiger partial charge is 0.269 e. The number of aromatic nitrogens is 2. The Balaban J connectivity index is 1.52. The summed E-state index contributed by atoms with van der Waals surface area (Å²) in [6.07, 6.45) is 0.528. The Morgan fingerprint density at radius 1 is 0.969 bits per heavy atom. The number of carbonyl (C=O) groups excluding carboxylic acids is 1. The van der Waals surface area contributed by atoms with Crippen molar-refractivity contribution in [2.24, 2.45) is 0 Å². The maximum Gasteiger partial charge on any atom is 0.269 e. The van der Waals surface area contributed by atoms with Gasteiger partial charge in [0.15, 0.2) is 0 Å². The molecule has 0 unspecified atom stereocenters. The molecule has 0 aliphatic carbocycles. The monoisotopic (exact) mass is 443 g/mol. The number of H-pyrrole nitrogens is 1. The van der Waals surface area contributed by atoms with E-state index in [1.807, 2.05) is 48.5 Å². The Morgan fingerprint density at radius 2 is 1.81 bits per heavy atom. The van der Waals surface area contributed by atoms with E-state index in [0.29, 0.717) is 29.4 Å². The number of amides is 1. The lowest BCUT2D eigenvalue weighted by atomic mass is 10.1. The van der Waals surface area contributed by atoms with E-state index in [-0.39, 0.29) is 11.7 Å². The van der Waals surface area contributed by atoms with E-state index in [4.69, 9.17) is 11.6 Å². The lowest BCUT2D eigenvalue weighted by Crippen LogP contribution is -2.26. The van der Waals surface area contributed by atoms with Crippen LogP contribution in [0.5, 0.6) is 0 Å². The Bertz CT molecular complexity index is 1460. The van der Waals surface area contributed by atoms with Crippen molar-refractivity contribution in [3.05, 3.63) is 101 Å². The highest BCUT2D eigenvalue weighted by Gasteiger charge is 2.17. The van der Waals surface area contributed by atoms with E-state index in [2.05, 4.69) is 15.3 Å². The van der Waals surface area contributed by atoms with Crippen LogP contribution in [0.1, 0.15) is 16.1 Å². The molecule has 0 bridgehead atoms. The number of rotatable bonds is 5. The van der Waals surface area contributed by atoms with Crippen LogP contribution in [0.15, 0.2) is 78.9 Å². The third kappa shape index (κ3) is 3.95. The summed E-state index contributed by atoms with van der Waals surface area (Å²) in [5.74, 6) is -0.566. The highest BCUT2D eigenvalue weighted by atomic mass is 35.5. The zero-order valence-electron chi connectivity index (χ0n) is 17.0. The fraction of sp³-hybridized carbons (Fsp3) is 0.0769. The number of nitrogens with one attached hydrogen (secondary N) is 2. The van der Waals surface area contributed by atoms with Crippen LogP contribution in [0.2, 0.25) is 5.02 Å². The van der Waals surface area contributed by atoms with Crippen molar-refractivity contribution in [3.8, 4) is 11.3 Å². The van der Waals surface area contributed by atoms with Crippen LogP contribution in [0.4, 0.5) is 4.39 Å². The average Bonchev–Trinajstić information content (AvgIpc) is 3.17. The van der Waals surface area contributed by atoms with E-state index in [0.717, 1.165) is 32.9 Å². The van der Waals surface area contributed by atoms with E-state index >= 15 is 0 Å². The van der Waals surface area contributed by atoms with Crippen LogP contribution in [0, 0.1) is 5.82 Å². The van der Waals surface area contributed by atoms with Crippen molar-refractivity contribution in [1.82, 2.24) is 15.3 Å². The van der Waals surface area contributed by atoms with Crippen molar-refractivity contribution in [2.75, 3.05) is 6.54 Å². The summed E-state index contributed by atoms with van der Waals surface area (Å²) in [6.45, 7) is 0.377. The number of fused-ring (bicyclic) bond motifs is 3. The lowest BCUT2D eigenvalue weighted by Gasteiger charge is -2.09. The number of carbonyl (C=O) groups is 1. The SMILES string of the molecule is O=C(NCCc1cccc(F)c1)c1cc2c([nH]c3ccccc32)c(-c2cccc(Cl)c2)n1. The van der Waals surface area contributed by atoms with Gasteiger partial charge in [0.1, 0.15) is 11.5 Å². The summed E-state index contributed by atoms with van der Waals surface area (Å²) in [7, 11) is 0. The fourth-order valence-electron chi connectivity index (χ4n) is 3.91. The molecule has 2 aromatic heterocycles. The summed E-state index contributed by atoms with van der Waals surface area (Å²) < 4.78 is 13.4. The van der Waals surface area contributed by atoms with Gasteiger partial charge in [0.05, 0.1) is 11.2 Å². The maximum atomic E-state index is 13.4. The summed E-state index contributed by atoms with van der Waals surface area (Å²) >= 11 is 6.22. The summed E-state index contributed by atoms with van der Waals surface area (Å²) in [4.78, 5) is 21.1. The Labute approximate surface area is 189 Å². The molecule has 5 rings (SSSR count). The van der Waals surface area contributed by atoms with Crippen LogP contribution in [0.25, 0.3) is 33.1 Å². The van der Waals surface area contributed by atoms with Crippen LogP contribution in [0.3, 0.4) is 0 Å². The summed E-state index contributed by atoms with van der Waals surface area (Å²) in [5.41, 5.74) is 4.45. The molecule has 0 spiro atoms. The van der Waals surface area contributed by atoms with Crippen LogP contribution in [-0.2, 0) is 6.42 Å². The first-order valence-corrected chi connectivity index (χ1v) is 10.7. The molecule has 0 aliphatic heterocycles. The molecule has 0 radical (unpaired) electrons. The van der Waals surface area contributed by atoms with Gasteiger partial charge in [-0.3, -0.25) is 4.79 Å². The molecular weight excluding hydrogens is 425 g/mol. The third-order valence-electron chi connectivity index (χ3n) is 5.42. The molecule has 32 heavy (non-hydrogen) atoms. The van der Waals surface area contributed by atoms with Gasteiger partial charge < -0.3 is 10.3 Å². The Morgan fingerprint density at radius 3 is 2.66 bits per heavy atom. The molecule has 0 fully saturated rings. The average molecular weight is 444 g/mol. The molecule has 5 aromatic rings. The third-order valence-corrected chi connectivity index (χ3v) is 5.65. The van der Waals surface area contributed by atoms with Gasteiger partial charge in [-0.1, -0.05) is 54.1 Å². The van der Waals surface area contributed by atoms with E-state index in [9.17, 15) is 9.18 Å². The number of benzene rings is 3. The number of halogens is 2. The van der Waals surface area contributed by atoms with Crippen molar-refractivity contribution >= 4 is 39.3 Å². The maximum absolute atomic E-state index is 13.4. The molecule has 0 saturated carbocycles. The lowest BCUT2D eigenvalue weighted by molar-refractivity contribution is 0.0949. The number of hydrogen-bond acceptors (Lipinski definition) is 2. The van der Waals surface area contributed by atoms with E-state index < -0.39 is 0 Å². The molecule has 6 heteroatoms. The molecule has 3 aromatic carbocycles. The van der Waals surface area contributed by atoms with Gasteiger partial charge in [-0.25, -0.2) is 9.37 Å². The summed E-state index contributed by atoms with van der Waals surface area (Å²) in [6, 6.07) is 23.5. The normalized spacial score (nSPS) is 11.2. The first-order chi connectivity index (χ1) is 15.6. The van der Waals surface area contributed by atoms with Gasteiger partial charge >= 0.3 is 0 Å². The van der Waals surface area contributed by atoms with Crippen molar-refractivity contribution < 1.29 is 9.18 Å². The Kier molecular flexibility index (Phi) is 5.33. The predicted molar refractivity (Wildman–Crippen MR) is 126 cm³/mol. The van der Waals surface area contributed by atoms with Crippen LogP contribution < -0.4 is 5.32 Å². The molecule has 0 aliphatic rings. The van der Waals surface area contributed by atoms with E-state index in [1.165, 1.54) is 12.1 Å². The van der Waals surface area contributed by atoms with Crippen molar-refractivity contribution in [2.45, 2.75) is 6.42 Å². The highest BCUT2D eigenvalue weighted by Crippen LogP contribution is 2.33. The number of nitrogens with zero attached hydrogens (tertiary/aromatic N) is 1. The van der Waals surface area contributed by atoms with Gasteiger partial charge in [-0.05, 0) is 48.4 Å². The quantitative estimate of drug-likeness (QED) is 0.342. The first kappa shape index (κ1) is 20.2. The highest BCUT2D eigenvalue weighted by molar-refractivity contribution is 6.31. The number of aromatic amines is 1. The largest absolute Gasteiger partial charge is 0.353 e. The first-order valence-electron chi connectivity index (χ1n) is 10.3. The van der Waals surface area contributed by atoms with Gasteiger partial charge in [0.2, 0.25) is 0 Å². The van der Waals surface area contributed by atoms with Crippen molar-refractivity contribution in [1.29, 1.82) is 0 Å². The minimum atomic E-state index is -0.286. The molecule has 0 atom stereocenters. The van der Waals surface area contributed by atoms with E-state index in [1.54, 1.807) is 18.2 Å². The zero-order valence-corrected chi connectivity index (χ0v) is 17.8. The fourth-order valence-corrected chi connectivity index (χ4v) is 4.10. The van der Waals surface area contributed by atoms with Gasteiger partial charge in [-0.15, -0.1) is 0 Å². The Hall–Kier alpha value is -3.70. The second kappa shape index (κ2) is 8.44. The number of pyridine rings is 1. The molecule has 2 heterocycles. The second-order valence-corrected chi connectivity index (χ2v) is 8.03. The van der Waals surface area contributed by atoms with Gasteiger partial charge in [0.25, 0.3) is 5.91 Å². The predicted octanol–water partition coefficient (Wildman–Crippen LogP) is 6.15. The molecule has 4 nitrogen and oxygen atoms in total. The standard InChI is InChI=1S/C26H19ClFN3O/c27-18-7-4-6-17(14-18)24-25-21(20-9-1-2-10-22(20)30-25)15-23(31-24)26(32)29-12-11-16-5-3-8-19(28)13-16/h1-10,13-15,30H,11-12H2,(H,29,32). The molecule has 2 N–H and O–H groups in total. The minimum Gasteiger partial charge on any atom is -0.353 e. The van der Waals surface area contributed by atoms with Crippen LogP contribution >= 0.6 is 11.6 Å². The minimum absolute atomic E-state index is 0.281. The molecule has 0 saturated heterocycles. The number of para-hydroxylation sites is 1. The van der Waals surface area contributed by atoms with Gasteiger partial charge in [0, 0.05) is 33.4 Å². The second-order valence-electron chi connectivity index (χ2n) is 7.60. The molecule has 158 valence electrons. The number of hydrogen-bond donors (Lipinski definition) is 2. The topological polar surface area (TPSA) is 57.8 Å².